The number of rotatable bonds is 8. The molecule has 0 saturated heterocycles. The predicted molar refractivity (Wildman–Crippen MR) is 114 cm³/mol. The number of nitrogens with one attached hydrogen (secondary N) is 1. The molecule has 0 aromatic heterocycles. The van der Waals surface area contributed by atoms with E-state index in [2.05, 4.69) is 10.5 Å². The molecule has 3 aromatic carbocycles. The van der Waals surface area contributed by atoms with Gasteiger partial charge in [0, 0.05) is 5.02 Å². The average Bonchev–Trinajstić information content (AvgIpc) is 2.75. The summed E-state index contributed by atoms with van der Waals surface area (Å²) in [4.78, 5) is 12.1. The van der Waals surface area contributed by atoms with Gasteiger partial charge in [-0.2, -0.15) is 5.10 Å². The van der Waals surface area contributed by atoms with Crippen LogP contribution in [0.2, 0.25) is 5.02 Å². The highest BCUT2D eigenvalue weighted by molar-refractivity contribution is 6.30. The summed E-state index contributed by atoms with van der Waals surface area (Å²) in [5, 5.41) is 4.58. The Labute approximate surface area is 174 Å². The molecule has 0 heterocycles. The van der Waals surface area contributed by atoms with Crippen LogP contribution in [0.3, 0.4) is 0 Å². The maximum absolute atomic E-state index is 12.1. The van der Waals surface area contributed by atoms with Crippen molar-refractivity contribution in [1.82, 2.24) is 5.43 Å². The summed E-state index contributed by atoms with van der Waals surface area (Å²) >= 11 is 5.83. The van der Waals surface area contributed by atoms with Crippen molar-refractivity contribution in [2.24, 2.45) is 5.10 Å². The highest BCUT2D eigenvalue weighted by atomic mass is 35.5. The van der Waals surface area contributed by atoms with E-state index in [4.69, 9.17) is 21.1 Å². The van der Waals surface area contributed by atoms with E-state index in [0.29, 0.717) is 17.4 Å². The van der Waals surface area contributed by atoms with Crippen LogP contribution in [-0.2, 0) is 11.4 Å². The first-order valence-corrected chi connectivity index (χ1v) is 9.50. The average molecular weight is 409 g/mol. The van der Waals surface area contributed by atoms with Crippen LogP contribution in [0.15, 0.2) is 84.0 Å². The van der Waals surface area contributed by atoms with Gasteiger partial charge >= 0.3 is 0 Å². The lowest BCUT2D eigenvalue weighted by atomic mass is 10.2. The first-order valence-electron chi connectivity index (χ1n) is 9.12. The molecule has 148 valence electrons. The minimum Gasteiger partial charge on any atom is -0.489 e. The quantitative estimate of drug-likeness (QED) is 0.428. The van der Waals surface area contributed by atoms with Crippen LogP contribution in [0.1, 0.15) is 18.1 Å². The van der Waals surface area contributed by atoms with Gasteiger partial charge in [0.25, 0.3) is 5.91 Å². The molecule has 1 N–H and O–H groups in total. The van der Waals surface area contributed by atoms with E-state index >= 15 is 0 Å². The molecule has 0 bridgehead atoms. The molecule has 0 saturated carbocycles. The molecule has 3 aromatic rings. The van der Waals surface area contributed by atoms with E-state index < -0.39 is 6.10 Å². The maximum Gasteiger partial charge on any atom is 0.280 e. The van der Waals surface area contributed by atoms with Crippen LogP contribution >= 0.6 is 11.6 Å². The normalized spacial score (nSPS) is 11.8. The molecule has 1 unspecified atom stereocenters. The second-order valence-corrected chi connectivity index (χ2v) is 6.73. The van der Waals surface area contributed by atoms with Crippen LogP contribution in [-0.4, -0.2) is 18.2 Å². The lowest BCUT2D eigenvalue weighted by Gasteiger charge is -2.13. The third kappa shape index (κ3) is 6.66. The van der Waals surface area contributed by atoms with Crippen molar-refractivity contribution in [1.29, 1.82) is 0 Å². The lowest BCUT2D eigenvalue weighted by molar-refractivity contribution is -0.127. The number of benzene rings is 3. The highest BCUT2D eigenvalue weighted by Crippen LogP contribution is 2.19. The van der Waals surface area contributed by atoms with Crippen molar-refractivity contribution >= 4 is 23.7 Å². The number of hydrazone groups is 1. The summed E-state index contributed by atoms with van der Waals surface area (Å²) < 4.78 is 11.4. The zero-order valence-corrected chi connectivity index (χ0v) is 16.7. The van der Waals surface area contributed by atoms with Crippen LogP contribution in [0.4, 0.5) is 0 Å². The summed E-state index contributed by atoms with van der Waals surface area (Å²) in [6.07, 6.45) is 0.841. The molecule has 0 aliphatic carbocycles. The van der Waals surface area contributed by atoms with E-state index in [1.807, 2.05) is 42.5 Å². The SMILES string of the molecule is CC(Oc1ccc(OCc2ccccc2)cc1)C(=O)N/N=C/c1ccc(Cl)cc1. The smallest absolute Gasteiger partial charge is 0.280 e. The Balaban J connectivity index is 1.46. The molecule has 5 nitrogen and oxygen atoms in total. The molecule has 0 aliphatic rings. The zero-order chi connectivity index (χ0) is 20.5. The van der Waals surface area contributed by atoms with Gasteiger partial charge in [0.1, 0.15) is 18.1 Å². The summed E-state index contributed by atoms with van der Waals surface area (Å²) in [6, 6.07) is 24.2. The highest BCUT2D eigenvalue weighted by Gasteiger charge is 2.13. The van der Waals surface area contributed by atoms with Crippen molar-refractivity contribution in [3.8, 4) is 11.5 Å². The van der Waals surface area contributed by atoms with Gasteiger partial charge in [0.05, 0.1) is 6.21 Å². The molecule has 1 amide bonds. The summed E-state index contributed by atoms with van der Waals surface area (Å²) in [7, 11) is 0. The Hall–Kier alpha value is -3.31. The topological polar surface area (TPSA) is 59.9 Å². The first-order chi connectivity index (χ1) is 14.1. The molecule has 0 spiro atoms. The van der Waals surface area contributed by atoms with Gasteiger partial charge < -0.3 is 9.47 Å². The summed E-state index contributed by atoms with van der Waals surface area (Å²) in [6.45, 7) is 2.15. The Kier molecular flexibility index (Phi) is 7.25. The van der Waals surface area contributed by atoms with Gasteiger partial charge in [-0.15, -0.1) is 0 Å². The van der Waals surface area contributed by atoms with Crippen molar-refractivity contribution in [3.63, 3.8) is 0 Å². The number of ether oxygens (including phenoxy) is 2. The molecule has 29 heavy (non-hydrogen) atoms. The number of nitrogens with zero attached hydrogens (tertiary/aromatic N) is 1. The minimum atomic E-state index is -0.701. The van der Waals surface area contributed by atoms with Gasteiger partial charge in [-0.25, -0.2) is 5.43 Å². The predicted octanol–water partition coefficient (Wildman–Crippen LogP) is 4.84. The van der Waals surface area contributed by atoms with Crippen molar-refractivity contribution in [3.05, 3.63) is 95.0 Å². The second-order valence-electron chi connectivity index (χ2n) is 6.29. The molecule has 3 rings (SSSR count). The standard InChI is InChI=1S/C23H21ClN2O3/c1-17(23(27)26-25-15-18-7-9-20(24)10-8-18)29-22-13-11-21(12-14-22)28-16-19-5-3-2-4-6-19/h2-15,17H,16H2,1H3,(H,26,27)/b25-15+. The number of halogens is 1. The fourth-order valence-electron chi connectivity index (χ4n) is 2.42. The molecule has 1 atom stereocenters. The summed E-state index contributed by atoms with van der Waals surface area (Å²) in [5.41, 5.74) is 4.39. The second kappa shape index (κ2) is 10.3. The van der Waals surface area contributed by atoms with Crippen molar-refractivity contribution in [2.75, 3.05) is 0 Å². The largest absolute Gasteiger partial charge is 0.489 e. The van der Waals surface area contributed by atoms with E-state index in [0.717, 1.165) is 16.9 Å². The third-order valence-corrected chi connectivity index (χ3v) is 4.26. The van der Waals surface area contributed by atoms with Crippen LogP contribution < -0.4 is 14.9 Å². The van der Waals surface area contributed by atoms with Gasteiger partial charge in [-0.3, -0.25) is 4.79 Å². The maximum atomic E-state index is 12.1. The number of carbonyl (C=O) groups is 1. The van der Waals surface area contributed by atoms with Gasteiger partial charge in [0.2, 0.25) is 0 Å². The van der Waals surface area contributed by atoms with Gasteiger partial charge in [0.15, 0.2) is 6.10 Å². The van der Waals surface area contributed by atoms with E-state index in [1.54, 1.807) is 49.5 Å². The molecule has 6 heteroatoms. The Morgan fingerprint density at radius 2 is 1.66 bits per heavy atom. The minimum absolute atomic E-state index is 0.348. The third-order valence-electron chi connectivity index (χ3n) is 4.01. The van der Waals surface area contributed by atoms with E-state index in [1.165, 1.54) is 0 Å². The number of amides is 1. The Morgan fingerprint density at radius 3 is 2.34 bits per heavy atom. The van der Waals surface area contributed by atoms with Gasteiger partial charge in [-0.05, 0) is 54.4 Å². The Morgan fingerprint density at radius 1 is 1.00 bits per heavy atom. The summed E-state index contributed by atoms with van der Waals surface area (Å²) in [5.74, 6) is 0.951. The van der Waals surface area contributed by atoms with Gasteiger partial charge in [-0.1, -0.05) is 54.1 Å². The fourth-order valence-corrected chi connectivity index (χ4v) is 2.55. The van der Waals surface area contributed by atoms with Crippen LogP contribution in [0, 0.1) is 0 Å². The monoisotopic (exact) mass is 408 g/mol. The van der Waals surface area contributed by atoms with Crippen molar-refractivity contribution in [2.45, 2.75) is 19.6 Å². The first kappa shape index (κ1) is 20.4. The van der Waals surface area contributed by atoms with E-state index in [-0.39, 0.29) is 5.91 Å². The fraction of sp³-hybridized carbons (Fsp3) is 0.130. The lowest BCUT2D eigenvalue weighted by Crippen LogP contribution is -2.33. The molecular formula is C23H21ClN2O3. The Bertz CT molecular complexity index is 942. The number of hydrogen-bond acceptors (Lipinski definition) is 4. The number of carbonyl (C=O) groups excluding carboxylic acids is 1. The molecule has 0 aliphatic heterocycles. The molecule has 0 radical (unpaired) electrons. The van der Waals surface area contributed by atoms with Crippen molar-refractivity contribution < 1.29 is 14.3 Å². The molecular weight excluding hydrogens is 388 g/mol. The van der Waals surface area contributed by atoms with Crippen LogP contribution in [0.5, 0.6) is 11.5 Å². The molecule has 0 fully saturated rings. The van der Waals surface area contributed by atoms with E-state index in [9.17, 15) is 4.79 Å². The number of hydrogen-bond donors (Lipinski definition) is 1. The zero-order valence-electron chi connectivity index (χ0n) is 15.9. The van der Waals surface area contributed by atoms with Crippen LogP contribution in [0.25, 0.3) is 0 Å².